The highest BCUT2D eigenvalue weighted by atomic mass is 16.5. The van der Waals surface area contributed by atoms with Crippen molar-refractivity contribution < 1.29 is 14.3 Å². The molecule has 0 radical (unpaired) electrons. The van der Waals surface area contributed by atoms with Crippen LogP contribution in [-0.4, -0.2) is 47.7 Å². The van der Waals surface area contributed by atoms with E-state index in [2.05, 4.69) is 57.5 Å². The van der Waals surface area contributed by atoms with Gasteiger partial charge in [-0.3, -0.25) is 4.79 Å². The molecule has 0 unspecified atom stereocenters. The number of piperidine rings is 1. The summed E-state index contributed by atoms with van der Waals surface area (Å²) in [5.41, 5.74) is 4.81. The first-order chi connectivity index (χ1) is 16.1. The quantitative estimate of drug-likeness (QED) is 0.489. The summed E-state index contributed by atoms with van der Waals surface area (Å²) >= 11 is 0. The molecule has 1 amide bonds. The molecule has 7 heteroatoms. The van der Waals surface area contributed by atoms with E-state index in [-0.39, 0.29) is 11.4 Å². The van der Waals surface area contributed by atoms with Crippen molar-refractivity contribution in [3.8, 4) is 17.2 Å². The van der Waals surface area contributed by atoms with Gasteiger partial charge in [-0.1, -0.05) is 12.1 Å². The standard InChI is InChI=1S/C26H26N4O3/c1-32-22-10-9-18-17(24(22)33-2)16-20(27-18)25(31)29-14-11-26(12-15-29)23-8-5-13-30(23)21-7-4-3-6-19(21)28-26/h3-10,13,16,27-28H,11-12,14-15H2,1-2H3. The Kier molecular flexibility index (Phi) is 4.40. The number of carbonyl (C=O) groups excluding carboxylic acids is 1. The molecule has 2 N–H and O–H groups in total. The van der Waals surface area contributed by atoms with E-state index in [0.29, 0.717) is 30.3 Å². The maximum absolute atomic E-state index is 13.4. The highest BCUT2D eigenvalue weighted by Crippen LogP contribution is 2.43. The number of nitrogens with zero attached hydrogens (tertiary/aromatic N) is 2. The van der Waals surface area contributed by atoms with Crippen molar-refractivity contribution in [3.05, 3.63) is 72.2 Å². The number of hydrogen-bond acceptors (Lipinski definition) is 4. The predicted octanol–water partition coefficient (Wildman–Crippen LogP) is 4.53. The number of amides is 1. The molecule has 0 bridgehead atoms. The first-order valence-electron chi connectivity index (χ1n) is 11.2. The zero-order valence-corrected chi connectivity index (χ0v) is 18.7. The first kappa shape index (κ1) is 19.8. The van der Waals surface area contributed by atoms with Gasteiger partial charge in [-0.25, -0.2) is 0 Å². The van der Waals surface area contributed by atoms with Crippen LogP contribution in [0.1, 0.15) is 29.0 Å². The number of methoxy groups -OCH3 is 2. The number of fused-ring (bicyclic) bond motifs is 5. The van der Waals surface area contributed by atoms with E-state index in [4.69, 9.17) is 9.47 Å². The number of H-pyrrole nitrogens is 1. The number of hydrogen-bond donors (Lipinski definition) is 2. The fourth-order valence-electron chi connectivity index (χ4n) is 5.38. The largest absolute Gasteiger partial charge is 0.493 e. The molecular weight excluding hydrogens is 416 g/mol. The van der Waals surface area contributed by atoms with E-state index in [0.717, 1.165) is 29.4 Å². The van der Waals surface area contributed by atoms with Crippen LogP contribution < -0.4 is 14.8 Å². The third-order valence-electron chi connectivity index (χ3n) is 7.05. The normalized spacial score (nSPS) is 16.2. The SMILES string of the molecule is COc1ccc2[nH]c(C(=O)N3CCC4(CC3)Nc3ccccc3-n3cccc34)cc2c1OC. The van der Waals surface area contributed by atoms with Crippen molar-refractivity contribution in [2.24, 2.45) is 0 Å². The molecule has 168 valence electrons. The van der Waals surface area contributed by atoms with E-state index in [9.17, 15) is 4.79 Å². The van der Waals surface area contributed by atoms with Crippen LogP contribution in [0.25, 0.3) is 16.6 Å². The highest BCUT2D eigenvalue weighted by molar-refractivity contribution is 6.00. The molecule has 7 nitrogen and oxygen atoms in total. The Morgan fingerprint density at radius 3 is 2.61 bits per heavy atom. The van der Waals surface area contributed by atoms with Crippen molar-refractivity contribution in [3.63, 3.8) is 0 Å². The maximum Gasteiger partial charge on any atom is 0.270 e. The molecule has 0 atom stereocenters. The number of para-hydroxylation sites is 2. The molecular formula is C26H26N4O3. The minimum Gasteiger partial charge on any atom is -0.493 e. The number of likely N-dealkylation sites (tertiary alicyclic amines) is 1. The fourth-order valence-corrected chi connectivity index (χ4v) is 5.38. The van der Waals surface area contributed by atoms with E-state index in [1.807, 2.05) is 23.1 Å². The minimum absolute atomic E-state index is 0.00802. The second-order valence-electron chi connectivity index (χ2n) is 8.73. The lowest BCUT2D eigenvalue weighted by Gasteiger charge is -2.46. The monoisotopic (exact) mass is 442 g/mol. The Bertz CT molecular complexity index is 1360. The molecule has 1 saturated heterocycles. The van der Waals surface area contributed by atoms with E-state index < -0.39 is 0 Å². The van der Waals surface area contributed by atoms with Crippen LogP contribution in [0.5, 0.6) is 11.5 Å². The number of carbonyl (C=O) groups is 1. The van der Waals surface area contributed by atoms with Gasteiger partial charge >= 0.3 is 0 Å². The number of rotatable bonds is 3. The smallest absolute Gasteiger partial charge is 0.270 e. The average Bonchev–Trinajstić information content (AvgIpc) is 3.52. The molecule has 6 rings (SSSR count). The second kappa shape index (κ2) is 7.33. The molecule has 1 spiro atoms. The Balaban J connectivity index is 1.26. The van der Waals surface area contributed by atoms with Crippen LogP contribution in [0, 0.1) is 0 Å². The Morgan fingerprint density at radius 1 is 1.00 bits per heavy atom. The number of ether oxygens (including phenoxy) is 2. The average molecular weight is 443 g/mol. The lowest BCUT2D eigenvalue weighted by atomic mass is 9.82. The lowest BCUT2D eigenvalue weighted by Crippen LogP contribution is -2.51. The molecule has 4 aromatic rings. The maximum atomic E-state index is 13.4. The van der Waals surface area contributed by atoms with Crippen LogP contribution in [-0.2, 0) is 5.54 Å². The van der Waals surface area contributed by atoms with Crippen molar-refractivity contribution in [2.75, 3.05) is 32.6 Å². The van der Waals surface area contributed by atoms with E-state index >= 15 is 0 Å². The van der Waals surface area contributed by atoms with Gasteiger partial charge in [-0.2, -0.15) is 0 Å². The predicted molar refractivity (Wildman–Crippen MR) is 128 cm³/mol. The number of aromatic nitrogens is 2. The van der Waals surface area contributed by atoms with Crippen LogP contribution in [0.2, 0.25) is 0 Å². The minimum atomic E-state index is -0.175. The summed E-state index contributed by atoms with van der Waals surface area (Å²) in [4.78, 5) is 18.6. The van der Waals surface area contributed by atoms with Crippen molar-refractivity contribution in [2.45, 2.75) is 18.4 Å². The van der Waals surface area contributed by atoms with Crippen LogP contribution in [0.4, 0.5) is 5.69 Å². The summed E-state index contributed by atoms with van der Waals surface area (Å²) in [5, 5.41) is 4.65. The number of anilines is 1. The molecule has 4 heterocycles. The van der Waals surface area contributed by atoms with E-state index in [1.54, 1.807) is 14.2 Å². The summed E-state index contributed by atoms with van der Waals surface area (Å²) in [6.45, 7) is 1.35. The highest BCUT2D eigenvalue weighted by Gasteiger charge is 2.42. The first-order valence-corrected chi connectivity index (χ1v) is 11.2. The number of aromatic amines is 1. The number of benzene rings is 2. The van der Waals surface area contributed by atoms with Gasteiger partial charge in [0.15, 0.2) is 11.5 Å². The van der Waals surface area contributed by atoms with Crippen LogP contribution in [0.15, 0.2) is 60.8 Å². The van der Waals surface area contributed by atoms with Gasteiger partial charge < -0.3 is 29.2 Å². The van der Waals surface area contributed by atoms with Crippen molar-refractivity contribution >= 4 is 22.5 Å². The third-order valence-corrected chi connectivity index (χ3v) is 7.05. The number of nitrogens with one attached hydrogen (secondary N) is 2. The van der Waals surface area contributed by atoms with Gasteiger partial charge in [-0.15, -0.1) is 0 Å². The zero-order chi connectivity index (χ0) is 22.6. The summed E-state index contributed by atoms with van der Waals surface area (Å²) in [6.07, 6.45) is 3.81. The van der Waals surface area contributed by atoms with Crippen molar-refractivity contribution in [1.29, 1.82) is 0 Å². The molecule has 2 aromatic heterocycles. The summed E-state index contributed by atoms with van der Waals surface area (Å²) in [6, 6.07) is 18.3. The van der Waals surface area contributed by atoms with Gasteiger partial charge in [0.1, 0.15) is 5.69 Å². The topological polar surface area (TPSA) is 71.5 Å². The van der Waals surface area contributed by atoms with Gasteiger partial charge in [0, 0.05) is 30.4 Å². The molecule has 2 aliphatic heterocycles. The Hall–Kier alpha value is -3.87. The van der Waals surface area contributed by atoms with Crippen LogP contribution in [0.3, 0.4) is 0 Å². The Labute approximate surface area is 191 Å². The summed E-state index contributed by atoms with van der Waals surface area (Å²) in [7, 11) is 3.22. The fraction of sp³-hybridized carbons (Fsp3) is 0.269. The van der Waals surface area contributed by atoms with Gasteiger partial charge in [-0.05, 0) is 55.3 Å². The lowest BCUT2D eigenvalue weighted by molar-refractivity contribution is 0.0671. The Morgan fingerprint density at radius 2 is 1.82 bits per heavy atom. The van der Waals surface area contributed by atoms with Crippen molar-refractivity contribution in [1.82, 2.24) is 14.5 Å². The van der Waals surface area contributed by atoms with Gasteiger partial charge in [0.2, 0.25) is 0 Å². The van der Waals surface area contributed by atoms with E-state index in [1.165, 1.54) is 11.4 Å². The summed E-state index contributed by atoms with van der Waals surface area (Å²) in [5.74, 6) is 1.29. The third kappa shape index (κ3) is 2.92. The molecule has 2 aliphatic rings. The zero-order valence-electron chi connectivity index (χ0n) is 18.7. The van der Waals surface area contributed by atoms with Crippen LogP contribution >= 0.6 is 0 Å². The van der Waals surface area contributed by atoms with Gasteiger partial charge in [0.05, 0.1) is 36.6 Å². The van der Waals surface area contributed by atoms with Gasteiger partial charge in [0.25, 0.3) is 5.91 Å². The second-order valence-corrected chi connectivity index (χ2v) is 8.73. The molecule has 0 aliphatic carbocycles. The molecule has 2 aromatic carbocycles. The molecule has 1 fully saturated rings. The summed E-state index contributed by atoms with van der Waals surface area (Å²) < 4.78 is 13.2. The molecule has 0 saturated carbocycles. The molecule has 33 heavy (non-hydrogen) atoms.